The summed E-state index contributed by atoms with van der Waals surface area (Å²) in [6.45, 7) is 0. The fraction of sp³-hybridized carbons (Fsp3) is 0.0741. The Bertz CT molecular complexity index is 1490. The molecule has 0 fully saturated rings. The molecule has 0 unspecified atom stereocenters. The number of hydrogen-bond acceptors (Lipinski definition) is 10. The molecule has 0 aliphatic carbocycles. The molecule has 1 aliphatic rings. The minimum Gasteiger partial charge on any atom is -0.504 e. The average Bonchev–Trinajstić information content (AvgIpc) is 2.87. The van der Waals surface area contributed by atoms with Crippen LogP contribution in [0.2, 0.25) is 0 Å². The number of carboxylic acids is 1. The van der Waals surface area contributed by atoms with E-state index < -0.39 is 29.8 Å². The van der Waals surface area contributed by atoms with Crippen molar-refractivity contribution in [3.05, 3.63) is 83.1 Å². The number of carboxylic acid groups (broad SMARTS) is 1. The number of rotatable bonds is 7. The van der Waals surface area contributed by atoms with Crippen molar-refractivity contribution in [2.24, 2.45) is 0 Å². The van der Waals surface area contributed by atoms with Crippen molar-refractivity contribution in [3.63, 3.8) is 0 Å². The minimum absolute atomic E-state index is 0.128. The molecule has 0 radical (unpaired) electrons. The smallest absolute Gasteiger partial charge is 0.379 e. The second kappa shape index (κ2) is 10.7. The SMILES string of the molecule is O=C(C=Cc1ccc2c(c1)OC(=Cc1ccc(O)c(O)c1)C(=O)O2)O[C@H](Cc1ccc(O)c(O)c1)C(=O)O. The van der Waals surface area contributed by atoms with E-state index in [1.807, 2.05) is 0 Å². The molecule has 3 aromatic carbocycles. The molecule has 11 heteroatoms. The number of benzene rings is 3. The predicted octanol–water partition coefficient (Wildman–Crippen LogP) is 3.10. The molecule has 3 aromatic rings. The highest BCUT2D eigenvalue weighted by molar-refractivity contribution is 5.95. The van der Waals surface area contributed by atoms with Crippen LogP contribution in [0.3, 0.4) is 0 Å². The Hall–Kier alpha value is -5.45. The number of fused-ring (bicyclic) bond motifs is 1. The zero-order valence-electron chi connectivity index (χ0n) is 19.4. The summed E-state index contributed by atoms with van der Waals surface area (Å²) in [4.78, 5) is 36.1. The molecule has 0 aromatic heterocycles. The van der Waals surface area contributed by atoms with Gasteiger partial charge < -0.3 is 39.7 Å². The van der Waals surface area contributed by atoms with E-state index in [2.05, 4.69) is 0 Å². The molecule has 4 rings (SSSR count). The summed E-state index contributed by atoms with van der Waals surface area (Å²) in [6, 6.07) is 12.1. The van der Waals surface area contributed by atoms with Crippen molar-refractivity contribution >= 4 is 30.1 Å². The summed E-state index contributed by atoms with van der Waals surface area (Å²) < 4.78 is 15.9. The highest BCUT2D eigenvalue weighted by Crippen LogP contribution is 2.35. The molecule has 0 saturated carbocycles. The van der Waals surface area contributed by atoms with E-state index in [1.165, 1.54) is 66.7 Å². The van der Waals surface area contributed by atoms with Gasteiger partial charge in [-0.15, -0.1) is 0 Å². The first-order valence-corrected chi connectivity index (χ1v) is 11.0. The van der Waals surface area contributed by atoms with Crippen LogP contribution >= 0.6 is 0 Å². The van der Waals surface area contributed by atoms with Crippen molar-refractivity contribution < 1.29 is 54.1 Å². The molecule has 0 bridgehead atoms. The second-order valence-corrected chi connectivity index (χ2v) is 8.08. The molecular formula is C27H20O11. The number of esters is 2. The second-order valence-electron chi connectivity index (χ2n) is 8.08. The first-order chi connectivity index (χ1) is 18.1. The van der Waals surface area contributed by atoms with Crippen LogP contribution in [0.1, 0.15) is 16.7 Å². The zero-order valence-corrected chi connectivity index (χ0v) is 19.4. The highest BCUT2D eigenvalue weighted by Gasteiger charge is 2.25. The number of carbonyl (C=O) groups is 3. The number of hydrogen-bond donors (Lipinski definition) is 5. The fourth-order valence-electron chi connectivity index (χ4n) is 3.41. The number of phenolic OH excluding ortho intramolecular Hbond substituents is 4. The molecule has 1 atom stereocenters. The van der Waals surface area contributed by atoms with E-state index in [0.717, 1.165) is 6.08 Å². The topological polar surface area (TPSA) is 180 Å². The van der Waals surface area contributed by atoms with E-state index in [0.29, 0.717) is 16.7 Å². The zero-order chi connectivity index (χ0) is 27.4. The van der Waals surface area contributed by atoms with Crippen molar-refractivity contribution in [2.75, 3.05) is 0 Å². The third-order valence-corrected chi connectivity index (χ3v) is 5.30. The van der Waals surface area contributed by atoms with Crippen molar-refractivity contribution in [2.45, 2.75) is 12.5 Å². The van der Waals surface area contributed by atoms with Gasteiger partial charge in [-0.1, -0.05) is 18.2 Å². The molecule has 0 amide bonds. The van der Waals surface area contributed by atoms with Crippen LogP contribution in [-0.4, -0.2) is 49.5 Å². The highest BCUT2D eigenvalue weighted by atomic mass is 16.6. The summed E-state index contributed by atoms with van der Waals surface area (Å²) in [6.07, 6.45) is 1.87. The van der Waals surface area contributed by atoms with Crippen LogP contribution in [0.5, 0.6) is 34.5 Å². The summed E-state index contributed by atoms with van der Waals surface area (Å²) in [5, 5.41) is 47.4. The predicted molar refractivity (Wildman–Crippen MR) is 130 cm³/mol. The number of aliphatic carboxylic acids is 1. The fourth-order valence-corrected chi connectivity index (χ4v) is 3.41. The maximum atomic E-state index is 12.3. The maximum absolute atomic E-state index is 12.3. The largest absolute Gasteiger partial charge is 0.504 e. The minimum atomic E-state index is -1.55. The van der Waals surface area contributed by atoms with Crippen molar-refractivity contribution in [1.82, 2.24) is 0 Å². The lowest BCUT2D eigenvalue weighted by Crippen LogP contribution is -2.28. The number of phenols is 4. The molecule has 38 heavy (non-hydrogen) atoms. The molecule has 1 heterocycles. The Morgan fingerprint density at radius 3 is 2.18 bits per heavy atom. The average molecular weight is 520 g/mol. The third-order valence-electron chi connectivity index (χ3n) is 5.30. The lowest BCUT2D eigenvalue weighted by molar-refractivity contribution is -0.160. The van der Waals surface area contributed by atoms with Gasteiger partial charge in [-0.25, -0.2) is 14.4 Å². The van der Waals surface area contributed by atoms with Crippen LogP contribution < -0.4 is 9.47 Å². The summed E-state index contributed by atoms with van der Waals surface area (Å²) in [5.41, 5.74) is 1.14. The van der Waals surface area contributed by atoms with Gasteiger partial charge in [0.1, 0.15) is 0 Å². The quantitative estimate of drug-likeness (QED) is 0.134. The monoisotopic (exact) mass is 520 g/mol. The maximum Gasteiger partial charge on any atom is 0.379 e. The first kappa shape index (κ1) is 25.6. The first-order valence-electron chi connectivity index (χ1n) is 11.0. The molecule has 5 N–H and O–H groups in total. The molecule has 0 spiro atoms. The molecule has 11 nitrogen and oxygen atoms in total. The van der Waals surface area contributed by atoms with Gasteiger partial charge in [-0.3, -0.25) is 0 Å². The van der Waals surface area contributed by atoms with Gasteiger partial charge in [0.25, 0.3) is 0 Å². The standard InChI is InChI=1S/C27H20O11/c28-17-5-1-15(9-19(17)30)12-23(26(33)34)37-25(32)8-4-14-3-7-21-22(11-14)36-24(27(35)38-21)13-16-2-6-18(29)20(31)10-16/h1-11,13,23,28-31H,12H2,(H,33,34)/t23-/m1/s1. The molecular weight excluding hydrogens is 500 g/mol. The van der Waals surface area contributed by atoms with E-state index >= 15 is 0 Å². The van der Waals surface area contributed by atoms with Gasteiger partial charge in [-0.2, -0.15) is 0 Å². The van der Waals surface area contributed by atoms with E-state index in [1.54, 1.807) is 0 Å². The van der Waals surface area contributed by atoms with Crippen LogP contribution in [0.4, 0.5) is 0 Å². The van der Waals surface area contributed by atoms with E-state index in [4.69, 9.17) is 14.2 Å². The van der Waals surface area contributed by atoms with Crippen molar-refractivity contribution in [1.29, 1.82) is 0 Å². The molecule has 194 valence electrons. The van der Waals surface area contributed by atoms with Crippen LogP contribution in [0.15, 0.2) is 66.4 Å². The number of carbonyl (C=O) groups excluding carboxylic acids is 2. The Morgan fingerprint density at radius 1 is 0.816 bits per heavy atom. The Balaban J connectivity index is 1.45. The molecule has 1 aliphatic heterocycles. The normalized spacial score (nSPS) is 14.4. The Kier molecular flexibility index (Phi) is 7.19. The number of ether oxygens (including phenoxy) is 3. The third kappa shape index (κ3) is 6.02. The van der Waals surface area contributed by atoms with E-state index in [-0.39, 0.29) is 40.9 Å². The lowest BCUT2D eigenvalue weighted by Gasteiger charge is -2.19. The van der Waals surface area contributed by atoms with Gasteiger partial charge in [-0.05, 0) is 65.2 Å². The van der Waals surface area contributed by atoms with Crippen LogP contribution in [0, 0.1) is 0 Å². The van der Waals surface area contributed by atoms with Crippen molar-refractivity contribution in [3.8, 4) is 34.5 Å². The summed E-state index contributed by atoms with van der Waals surface area (Å²) in [5.74, 6) is -4.53. The van der Waals surface area contributed by atoms with Crippen LogP contribution in [0.25, 0.3) is 12.2 Å². The van der Waals surface area contributed by atoms with Crippen LogP contribution in [-0.2, 0) is 25.5 Å². The van der Waals surface area contributed by atoms with Gasteiger partial charge in [0, 0.05) is 12.5 Å². The Morgan fingerprint density at radius 2 is 1.50 bits per heavy atom. The summed E-state index contributed by atoms with van der Waals surface area (Å²) in [7, 11) is 0. The lowest BCUT2D eigenvalue weighted by atomic mass is 10.1. The van der Waals surface area contributed by atoms with Gasteiger partial charge in [0.05, 0.1) is 0 Å². The van der Waals surface area contributed by atoms with E-state index in [9.17, 15) is 39.9 Å². The number of aromatic hydroxyl groups is 4. The molecule has 0 saturated heterocycles. The van der Waals surface area contributed by atoms with Gasteiger partial charge in [0.2, 0.25) is 11.9 Å². The summed E-state index contributed by atoms with van der Waals surface area (Å²) >= 11 is 0. The Labute approximate surface area is 214 Å². The van der Waals surface area contributed by atoms with Gasteiger partial charge >= 0.3 is 17.9 Å². The van der Waals surface area contributed by atoms with Gasteiger partial charge in [0.15, 0.2) is 34.5 Å².